The molecule has 1 atom stereocenters. The minimum atomic E-state index is 0.643. The summed E-state index contributed by atoms with van der Waals surface area (Å²) in [6.45, 7) is 10.2. The summed E-state index contributed by atoms with van der Waals surface area (Å²) in [5, 5.41) is 3.74. The van der Waals surface area contributed by atoms with Crippen LogP contribution in [0.5, 0.6) is 0 Å². The second-order valence-corrected chi connectivity index (χ2v) is 6.71. The van der Waals surface area contributed by atoms with Crippen LogP contribution >= 0.6 is 11.8 Å². The Morgan fingerprint density at radius 2 is 1.80 bits per heavy atom. The van der Waals surface area contributed by atoms with Gasteiger partial charge in [0.15, 0.2) is 0 Å². The van der Waals surface area contributed by atoms with Gasteiger partial charge in [0.05, 0.1) is 0 Å². The number of thioether (sulfide) groups is 1. The van der Waals surface area contributed by atoms with Crippen molar-refractivity contribution in [3.05, 3.63) is 29.8 Å². The van der Waals surface area contributed by atoms with Crippen molar-refractivity contribution in [1.29, 1.82) is 0 Å². The van der Waals surface area contributed by atoms with E-state index in [0.717, 1.165) is 12.5 Å². The molecular formula is C18H31NS. The molecule has 2 heteroatoms. The maximum Gasteiger partial charge on any atom is 0.0164 e. The minimum Gasteiger partial charge on any atom is -0.313 e. The molecule has 0 aromatic heterocycles. The van der Waals surface area contributed by atoms with Crippen molar-refractivity contribution in [1.82, 2.24) is 5.32 Å². The van der Waals surface area contributed by atoms with E-state index in [0.29, 0.717) is 6.04 Å². The number of benzene rings is 1. The van der Waals surface area contributed by atoms with Gasteiger partial charge in [-0.3, -0.25) is 0 Å². The maximum atomic E-state index is 3.74. The fourth-order valence-electron chi connectivity index (χ4n) is 2.49. The summed E-state index contributed by atoms with van der Waals surface area (Å²) in [4.78, 5) is 1.43. The van der Waals surface area contributed by atoms with E-state index in [9.17, 15) is 0 Å². The van der Waals surface area contributed by atoms with Gasteiger partial charge in [-0.2, -0.15) is 0 Å². The van der Waals surface area contributed by atoms with Crippen molar-refractivity contribution in [2.75, 3.05) is 12.3 Å². The predicted octanol–water partition coefficient (Wildman–Crippen LogP) is 5.28. The SMILES string of the molecule is CCCNC(CSc1ccccc1C)CC(CC)CC. The molecule has 20 heavy (non-hydrogen) atoms. The Kier molecular flexibility index (Phi) is 9.04. The highest BCUT2D eigenvalue weighted by atomic mass is 32.2. The first-order valence-electron chi connectivity index (χ1n) is 8.12. The van der Waals surface area contributed by atoms with Crippen LogP contribution in [0.15, 0.2) is 29.2 Å². The Bertz CT molecular complexity index is 360. The van der Waals surface area contributed by atoms with Crippen LogP contribution in [-0.2, 0) is 0 Å². The lowest BCUT2D eigenvalue weighted by atomic mass is 9.95. The molecule has 0 bridgehead atoms. The van der Waals surface area contributed by atoms with Crippen LogP contribution in [0.2, 0.25) is 0 Å². The second-order valence-electron chi connectivity index (χ2n) is 5.65. The third-order valence-corrected chi connectivity index (χ3v) is 5.33. The topological polar surface area (TPSA) is 12.0 Å². The Hall–Kier alpha value is -0.470. The van der Waals surface area contributed by atoms with Crippen LogP contribution in [0.4, 0.5) is 0 Å². The Balaban J connectivity index is 2.53. The molecule has 1 rings (SSSR count). The van der Waals surface area contributed by atoms with Crippen LogP contribution in [0.1, 0.15) is 52.0 Å². The van der Waals surface area contributed by atoms with E-state index < -0.39 is 0 Å². The molecule has 0 aliphatic heterocycles. The smallest absolute Gasteiger partial charge is 0.0164 e. The van der Waals surface area contributed by atoms with Gasteiger partial charge in [-0.1, -0.05) is 51.8 Å². The Morgan fingerprint density at radius 1 is 1.10 bits per heavy atom. The monoisotopic (exact) mass is 293 g/mol. The van der Waals surface area contributed by atoms with E-state index in [-0.39, 0.29) is 0 Å². The summed E-state index contributed by atoms with van der Waals surface area (Å²) < 4.78 is 0. The molecule has 1 nitrogen and oxygen atoms in total. The van der Waals surface area contributed by atoms with Crippen molar-refractivity contribution < 1.29 is 0 Å². The molecule has 0 heterocycles. The first-order valence-corrected chi connectivity index (χ1v) is 9.11. The van der Waals surface area contributed by atoms with Crippen LogP contribution in [0, 0.1) is 12.8 Å². The molecule has 0 saturated carbocycles. The summed E-state index contributed by atoms with van der Waals surface area (Å²) in [6.07, 6.45) is 5.13. The third kappa shape index (κ3) is 6.32. The highest BCUT2D eigenvalue weighted by Crippen LogP contribution is 2.25. The van der Waals surface area contributed by atoms with Gasteiger partial charge in [-0.05, 0) is 43.9 Å². The minimum absolute atomic E-state index is 0.643. The van der Waals surface area contributed by atoms with Gasteiger partial charge < -0.3 is 5.32 Å². The van der Waals surface area contributed by atoms with Crippen molar-refractivity contribution in [2.24, 2.45) is 5.92 Å². The van der Waals surface area contributed by atoms with Crippen molar-refractivity contribution in [2.45, 2.75) is 64.3 Å². The van der Waals surface area contributed by atoms with E-state index in [1.54, 1.807) is 0 Å². The van der Waals surface area contributed by atoms with Crippen LogP contribution < -0.4 is 5.32 Å². The Labute approximate surface area is 129 Å². The van der Waals surface area contributed by atoms with E-state index in [1.165, 1.54) is 41.9 Å². The van der Waals surface area contributed by atoms with Gasteiger partial charge in [-0.25, -0.2) is 0 Å². The lowest BCUT2D eigenvalue weighted by Crippen LogP contribution is -2.33. The molecule has 0 amide bonds. The average Bonchev–Trinajstić information content (AvgIpc) is 2.48. The van der Waals surface area contributed by atoms with Gasteiger partial charge in [0.2, 0.25) is 0 Å². The normalized spacial score (nSPS) is 12.8. The largest absolute Gasteiger partial charge is 0.313 e. The summed E-state index contributed by atoms with van der Waals surface area (Å²) in [6, 6.07) is 9.36. The number of rotatable bonds is 10. The molecule has 1 unspecified atom stereocenters. The third-order valence-electron chi connectivity index (χ3n) is 3.99. The molecule has 1 N–H and O–H groups in total. The van der Waals surface area contributed by atoms with Crippen LogP contribution in [0.25, 0.3) is 0 Å². The van der Waals surface area contributed by atoms with E-state index >= 15 is 0 Å². The maximum absolute atomic E-state index is 3.74. The average molecular weight is 294 g/mol. The first-order chi connectivity index (χ1) is 9.71. The highest BCUT2D eigenvalue weighted by Gasteiger charge is 2.14. The number of hydrogen-bond donors (Lipinski definition) is 1. The van der Waals surface area contributed by atoms with E-state index in [4.69, 9.17) is 0 Å². The van der Waals surface area contributed by atoms with Crippen molar-refractivity contribution >= 4 is 11.8 Å². The van der Waals surface area contributed by atoms with Gasteiger partial charge in [0, 0.05) is 16.7 Å². The highest BCUT2D eigenvalue weighted by molar-refractivity contribution is 7.99. The fourth-order valence-corrected chi connectivity index (χ4v) is 3.60. The van der Waals surface area contributed by atoms with Crippen LogP contribution in [-0.4, -0.2) is 18.3 Å². The molecule has 114 valence electrons. The molecular weight excluding hydrogens is 262 g/mol. The van der Waals surface area contributed by atoms with Crippen LogP contribution in [0.3, 0.4) is 0 Å². The zero-order valence-electron chi connectivity index (χ0n) is 13.6. The number of aryl methyl sites for hydroxylation is 1. The van der Waals surface area contributed by atoms with Gasteiger partial charge in [0.25, 0.3) is 0 Å². The molecule has 0 radical (unpaired) electrons. The quantitative estimate of drug-likeness (QED) is 0.589. The van der Waals surface area contributed by atoms with Gasteiger partial charge in [0.1, 0.15) is 0 Å². The molecule has 1 aromatic rings. The van der Waals surface area contributed by atoms with Gasteiger partial charge in [-0.15, -0.1) is 11.8 Å². The standard InChI is InChI=1S/C18H31NS/c1-5-12-19-17(13-16(6-2)7-3)14-20-18-11-9-8-10-15(18)4/h8-11,16-17,19H,5-7,12-14H2,1-4H3. The first kappa shape index (κ1) is 17.6. The molecule has 0 aliphatic rings. The second kappa shape index (κ2) is 10.3. The summed E-state index contributed by atoms with van der Waals surface area (Å²) in [5.41, 5.74) is 1.40. The lowest BCUT2D eigenvalue weighted by Gasteiger charge is -2.23. The zero-order valence-corrected chi connectivity index (χ0v) is 14.4. The van der Waals surface area contributed by atoms with E-state index in [1.807, 2.05) is 11.8 Å². The summed E-state index contributed by atoms with van der Waals surface area (Å²) in [7, 11) is 0. The van der Waals surface area contributed by atoms with Crippen molar-refractivity contribution in [3.8, 4) is 0 Å². The summed E-state index contributed by atoms with van der Waals surface area (Å²) >= 11 is 2.01. The molecule has 1 aromatic carbocycles. The van der Waals surface area contributed by atoms with Gasteiger partial charge >= 0.3 is 0 Å². The molecule has 0 aliphatic carbocycles. The zero-order chi connectivity index (χ0) is 14.8. The number of hydrogen-bond acceptors (Lipinski definition) is 2. The lowest BCUT2D eigenvalue weighted by molar-refractivity contribution is 0.384. The van der Waals surface area contributed by atoms with Crippen molar-refractivity contribution in [3.63, 3.8) is 0 Å². The Morgan fingerprint density at radius 3 is 2.40 bits per heavy atom. The fraction of sp³-hybridized carbons (Fsp3) is 0.667. The predicted molar refractivity (Wildman–Crippen MR) is 92.7 cm³/mol. The molecule has 0 fully saturated rings. The van der Waals surface area contributed by atoms with E-state index in [2.05, 4.69) is 57.3 Å². The number of nitrogens with one attached hydrogen (secondary N) is 1. The molecule has 0 spiro atoms. The summed E-state index contributed by atoms with van der Waals surface area (Å²) in [5.74, 6) is 2.04. The molecule has 0 saturated heterocycles.